The van der Waals surface area contributed by atoms with Crippen molar-refractivity contribution in [2.45, 2.75) is 6.92 Å². The van der Waals surface area contributed by atoms with Crippen molar-refractivity contribution in [1.82, 2.24) is 14.4 Å². The standard InChI is InChI=1S/C20H15FN4O/c1-13-18(24-20-22-10-5-11-25(13)20)14-6-4-7-15(12-14)23-19(26)16-8-2-3-9-17(16)21/h2-12H,1H3,(H,23,26). The van der Waals surface area contributed by atoms with E-state index >= 15 is 0 Å². The zero-order chi connectivity index (χ0) is 18.1. The molecule has 1 N–H and O–H groups in total. The molecule has 0 aliphatic rings. The number of carbonyl (C=O) groups excluding carboxylic acids is 1. The average molecular weight is 346 g/mol. The number of aromatic nitrogens is 3. The third-order valence-electron chi connectivity index (χ3n) is 4.15. The van der Waals surface area contributed by atoms with Gasteiger partial charge in [-0.25, -0.2) is 14.4 Å². The summed E-state index contributed by atoms with van der Waals surface area (Å²) < 4.78 is 15.7. The molecule has 5 nitrogen and oxygen atoms in total. The van der Waals surface area contributed by atoms with Gasteiger partial charge >= 0.3 is 0 Å². The van der Waals surface area contributed by atoms with Gasteiger partial charge in [0.15, 0.2) is 0 Å². The van der Waals surface area contributed by atoms with Gasteiger partial charge in [0, 0.05) is 29.3 Å². The first-order chi connectivity index (χ1) is 12.6. The summed E-state index contributed by atoms with van der Waals surface area (Å²) in [6.07, 6.45) is 3.59. The first-order valence-corrected chi connectivity index (χ1v) is 8.09. The van der Waals surface area contributed by atoms with Crippen LogP contribution in [0.5, 0.6) is 0 Å². The summed E-state index contributed by atoms with van der Waals surface area (Å²) >= 11 is 0. The number of amides is 1. The predicted octanol–water partition coefficient (Wildman–Crippen LogP) is 4.10. The Hall–Kier alpha value is -3.54. The summed E-state index contributed by atoms with van der Waals surface area (Å²) in [6.45, 7) is 1.96. The second kappa shape index (κ2) is 6.40. The van der Waals surface area contributed by atoms with Crippen molar-refractivity contribution in [2.24, 2.45) is 0 Å². The van der Waals surface area contributed by atoms with Crippen LogP contribution >= 0.6 is 0 Å². The molecule has 0 radical (unpaired) electrons. The van der Waals surface area contributed by atoms with E-state index in [1.54, 1.807) is 24.4 Å². The van der Waals surface area contributed by atoms with Gasteiger partial charge in [-0.1, -0.05) is 24.3 Å². The molecule has 2 heterocycles. The second-order valence-corrected chi connectivity index (χ2v) is 5.85. The minimum atomic E-state index is -0.552. The lowest BCUT2D eigenvalue weighted by Crippen LogP contribution is -2.13. The molecule has 26 heavy (non-hydrogen) atoms. The van der Waals surface area contributed by atoms with Gasteiger partial charge in [-0.05, 0) is 37.3 Å². The van der Waals surface area contributed by atoms with Crippen molar-refractivity contribution in [1.29, 1.82) is 0 Å². The van der Waals surface area contributed by atoms with Crippen LogP contribution in [-0.2, 0) is 0 Å². The summed E-state index contributed by atoms with van der Waals surface area (Å²) in [5.41, 5.74) is 3.15. The van der Waals surface area contributed by atoms with Crippen LogP contribution in [0.25, 0.3) is 17.0 Å². The van der Waals surface area contributed by atoms with Crippen molar-refractivity contribution < 1.29 is 9.18 Å². The predicted molar refractivity (Wildman–Crippen MR) is 97.5 cm³/mol. The van der Waals surface area contributed by atoms with E-state index in [1.165, 1.54) is 12.1 Å². The van der Waals surface area contributed by atoms with Crippen LogP contribution in [-0.4, -0.2) is 20.3 Å². The highest BCUT2D eigenvalue weighted by atomic mass is 19.1. The molecule has 2 aromatic heterocycles. The Morgan fingerprint density at radius 1 is 1.12 bits per heavy atom. The number of imidazole rings is 1. The number of rotatable bonds is 3. The molecule has 0 fully saturated rings. The second-order valence-electron chi connectivity index (χ2n) is 5.85. The van der Waals surface area contributed by atoms with Crippen LogP contribution in [0.4, 0.5) is 10.1 Å². The number of carbonyl (C=O) groups is 1. The fourth-order valence-corrected chi connectivity index (χ4v) is 2.86. The normalized spacial score (nSPS) is 10.8. The summed E-state index contributed by atoms with van der Waals surface area (Å²) in [7, 11) is 0. The first kappa shape index (κ1) is 16.0. The molecule has 0 unspecified atom stereocenters. The molecule has 0 atom stereocenters. The Morgan fingerprint density at radius 2 is 1.96 bits per heavy atom. The van der Waals surface area contributed by atoms with Gasteiger partial charge in [-0.3, -0.25) is 9.20 Å². The van der Waals surface area contributed by atoms with Gasteiger partial charge in [0.25, 0.3) is 5.91 Å². The quantitative estimate of drug-likeness (QED) is 0.608. The maximum Gasteiger partial charge on any atom is 0.258 e. The van der Waals surface area contributed by atoms with E-state index in [9.17, 15) is 9.18 Å². The molecule has 6 heteroatoms. The van der Waals surface area contributed by atoms with Crippen molar-refractivity contribution >= 4 is 17.4 Å². The minimum absolute atomic E-state index is 0.00557. The lowest BCUT2D eigenvalue weighted by Gasteiger charge is -2.08. The number of hydrogen-bond donors (Lipinski definition) is 1. The topological polar surface area (TPSA) is 59.3 Å². The van der Waals surface area contributed by atoms with Gasteiger partial charge in [0.05, 0.1) is 11.3 Å². The van der Waals surface area contributed by atoms with Crippen LogP contribution in [0.1, 0.15) is 16.1 Å². The largest absolute Gasteiger partial charge is 0.322 e. The molecule has 128 valence electrons. The smallest absolute Gasteiger partial charge is 0.258 e. The Balaban J connectivity index is 1.67. The highest BCUT2D eigenvalue weighted by molar-refractivity contribution is 6.04. The Morgan fingerprint density at radius 3 is 2.77 bits per heavy atom. The maximum absolute atomic E-state index is 13.8. The van der Waals surface area contributed by atoms with Crippen molar-refractivity contribution in [3.63, 3.8) is 0 Å². The van der Waals surface area contributed by atoms with E-state index < -0.39 is 11.7 Å². The molecule has 2 aromatic carbocycles. The number of nitrogens with zero attached hydrogens (tertiary/aromatic N) is 3. The van der Waals surface area contributed by atoms with Gasteiger partial charge in [0.2, 0.25) is 5.78 Å². The Bertz CT molecular complexity index is 1120. The zero-order valence-corrected chi connectivity index (χ0v) is 14.0. The molecule has 4 aromatic rings. The molecule has 0 saturated heterocycles. The molecule has 0 saturated carbocycles. The lowest BCUT2D eigenvalue weighted by atomic mass is 10.1. The molecule has 1 amide bonds. The highest BCUT2D eigenvalue weighted by Crippen LogP contribution is 2.26. The maximum atomic E-state index is 13.8. The number of fused-ring (bicyclic) bond motifs is 1. The molecule has 4 rings (SSSR count). The van der Waals surface area contributed by atoms with Crippen molar-refractivity contribution in [3.05, 3.63) is 84.1 Å². The van der Waals surface area contributed by atoms with Gasteiger partial charge < -0.3 is 5.32 Å². The average Bonchev–Trinajstić information content (AvgIpc) is 2.99. The van der Waals surface area contributed by atoms with Gasteiger partial charge in [-0.2, -0.15) is 0 Å². The molecule has 0 aliphatic carbocycles. The number of aryl methyl sites for hydroxylation is 1. The fraction of sp³-hybridized carbons (Fsp3) is 0.0500. The van der Waals surface area contributed by atoms with Crippen molar-refractivity contribution in [2.75, 3.05) is 5.32 Å². The summed E-state index contributed by atoms with van der Waals surface area (Å²) in [5, 5.41) is 2.73. The molecule has 0 spiro atoms. The van der Waals surface area contributed by atoms with Crippen LogP contribution in [0.3, 0.4) is 0 Å². The SMILES string of the molecule is Cc1c(-c2cccc(NC(=O)c3ccccc3F)c2)nc2ncccn12. The monoisotopic (exact) mass is 346 g/mol. The van der Waals surface area contributed by atoms with E-state index in [4.69, 9.17) is 0 Å². The zero-order valence-electron chi connectivity index (χ0n) is 14.0. The number of anilines is 1. The van der Waals surface area contributed by atoms with Crippen LogP contribution in [0.2, 0.25) is 0 Å². The van der Waals surface area contributed by atoms with Crippen LogP contribution in [0, 0.1) is 12.7 Å². The number of halogens is 1. The Labute approximate surface area is 149 Å². The number of hydrogen-bond acceptors (Lipinski definition) is 3. The Kier molecular flexibility index (Phi) is 3.93. The summed E-state index contributed by atoms with van der Waals surface area (Å²) in [5.74, 6) is -0.433. The summed E-state index contributed by atoms with van der Waals surface area (Å²) in [6, 6.07) is 15.0. The van der Waals surface area contributed by atoms with E-state index in [2.05, 4.69) is 15.3 Å². The first-order valence-electron chi connectivity index (χ1n) is 8.09. The molecular weight excluding hydrogens is 331 g/mol. The van der Waals surface area contributed by atoms with E-state index in [0.717, 1.165) is 17.0 Å². The molecule has 0 bridgehead atoms. The minimum Gasteiger partial charge on any atom is -0.322 e. The van der Waals surface area contributed by atoms with E-state index in [-0.39, 0.29) is 5.56 Å². The fourth-order valence-electron chi connectivity index (χ4n) is 2.86. The van der Waals surface area contributed by atoms with E-state index in [1.807, 2.05) is 41.8 Å². The summed E-state index contributed by atoms with van der Waals surface area (Å²) in [4.78, 5) is 21.1. The van der Waals surface area contributed by atoms with Crippen LogP contribution in [0.15, 0.2) is 67.0 Å². The lowest BCUT2D eigenvalue weighted by molar-refractivity contribution is 0.102. The van der Waals surface area contributed by atoms with Gasteiger partial charge in [-0.15, -0.1) is 0 Å². The third-order valence-corrected chi connectivity index (χ3v) is 4.15. The molecular formula is C20H15FN4O. The van der Waals surface area contributed by atoms with Gasteiger partial charge in [0.1, 0.15) is 5.82 Å². The number of nitrogens with one attached hydrogen (secondary N) is 1. The van der Waals surface area contributed by atoms with Crippen LogP contribution < -0.4 is 5.32 Å². The van der Waals surface area contributed by atoms with E-state index in [0.29, 0.717) is 11.5 Å². The molecule has 0 aliphatic heterocycles. The highest BCUT2D eigenvalue weighted by Gasteiger charge is 2.14. The third kappa shape index (κ3) is 2.82. The number of benzene rings is 2. The van der Waals surface area contributed by atoms with Crippen molar-refractivity contribution in [3.8, 4) is 11.3 Å².